The summed E-state index contributed by atoms with van der Waals surface area (Å²) < 4.78 is 30.0. The van der Waals surface area contributed by atoms with Crippen LogP contribution in [-0.2, 0) is 15.6 Å². The molecule has 0 saturated heterocycles. The van der Waals surface area contributed by atoms with Crippen molar-refractivity contribution in [1.29, 1.82) is 0 Å². The molecule has 0 fully saturated rings. The molecule has 3 rings (SSSR count). The zero-order valence-corrected chi connectivity index (χ0v) is 17.4. The normalized spacial score (nSPS) is 11.5. The first kappa shape index (κ1) is 20.3. The van der Waals surface area contributed by atoms with Crippen LogP contribution < -0.4 is 5.32 Å². The largest absolute Gasteiger partial charge is 0.459 e. The Morgan fingerprint density at radius 2 is 1.89 bits per heavy atom. The van der Waals surface area contributed by atoms with Gasteiger partial charge in [-0.1, -0.05) is 30.3 Å². The van der Waals surface area contributed by atoms with Crippen LogP contribution in [0.5, 0.6) is 0 Å². The molecule has 0 atom stereocenters. The Kier molecular flexibility index (Phi) is 6.31. The lowest BCUT2D eigenvalue weighted by Gasteiger charge is -2.06. The second-order valence-electron chi connectivity index (χ2n) is 6.53. The monoisotopic (exact) mass is 418 g/mol. The molecule has 1 aromatic carbocycles. The van der Waals surface area contributed by atoms with E-state index in [-0.39, 0.29) is 17.4 Å². The SMILES string of the molecule is Cc1ccc(-c2nc(C)c(C(=O)NCCCS(=O)(=O)Cc3ccccc3)s2)o1. The summed E-state index contributed by atoms with van der Waals surface area (Å²) in [5.74, 6) is 1.22. The molecule has 1 amide bonds. The minimum Gasteiger partial charge on any atom is -0.459 e. The van der Waals surface area contributed by atoms with Crippen molar-refractivity contribution in [3.8, 4) is 10.8 Å². The fraction of sp³-hybridized carbons (Fsp3) is 0.300. The molecule has 0 saturated carbocycles. The van der Waals surface area contributed by atoms with Gasteiger partial charge in [0.05, 0.1) is 17.2 Å². The Morgan fingerprint density at radius 1 is 1.14 bits per heavy atom. The van der Waals surface area contributed by atoms with Crippen molar-refractivity contribution in [1.82, 2.24) is 10.3 Å². The number of carbonyl (C=O) groups is 1. The van der Waals surface area contributed by atoms with Crippen molar-refractivity contribution >= 4 is 27.1 Å². The third-order valence-electron chi connectivity index (χ3n) is 4.10. The van der Waals surface area contributed by atoms with E-state index < -0.39 is 9.84 Å². The van der Waals surface area contributed by atoms with Crippen LogP contribution in [0.3, 0.4) is 0 Å². The highest BCUT2D eigenvalue weighted by Crippen LogP contribution is 2.29. The van der Waals surface area contributed by atoms with Crippen LogP contribution in [-0.4, -0.2) is 31.6 Å². The third-order valence-corrected chi connectivity index (χ3v) is 6.96. The van der Waals surface area contributed by atoms with Gasteiger partial charge in [0, 0.05) is 6.54 Å². The number of hydrogen-bond donors (Lipinski definition) is 1. The molecule has 0 radical (unpaired) electrons. The summed E-state index contributed by atoms with van der Waals surface area (Å²) in [5.41, 5.74) is 1.40. The second-order valence-corrected chi connectivity index (χ2v) is 9.71. The first-order valence-electron chi connectivity index (χ1n) is 8.91. The zero-order chi connectivity index (χ0) is 20.1. The van der Waals surface area contributed by atoms with Gasteiger partial charge < -0.3 is 9.73 Å². The van der Waals surface area contributed by atoms with Crippen LogP contribution >= 0.6 is 11.3 Å². The van der Waals surface area contributed by atoms with Gasteiger partial charge in [0.2, 0.25) is 0 Å². The number of amides is 1. The van der Waals surface area contributed by atoms with E-state index in [2.05, 4.69) is 10.3 Å². The molecule has 6 nitrogen and oxygen atoms in total. The highest BCUT2D eigenvalue weighted by atomic mass is 32.2. The number of carbonyl (C=O) groups excluding carboxylic acids is 1. The van der Waals surface area contributed by atoms with Gasteiger partial charge in [0.25, 0.3) is 5.91 Å². The Bertz CT molecular complexity index is 1050. The Hall–Kier alpha value is -2.45. The van der Waals surface area contributed by atoms with Gasteiger partial charge in [0.15, 0.2) is 20.6 Å². The highest BCUT2D eigenvalue weighted by Gasteiger charge is 2.18. The lowest BCUT2D eigenvalue weighted by atomic mass is 10.2. The standard InChI is InChI=1S/C20H22N2O4S2/c1-14-9-10-17(26-14)20-22-15(2)18(27-20)19(23)21-11-6-12-28(24,25)13-16-7-4-3-5-8-16/h3-5,7-10H,6,11-13H2,1-2H3,(H,21,23). The van der Waals surface area contributed by atoms with E-state index in [1.807, 2.05) is 37.3 Å². The van der Waals surface area contributed by atoms with E-state index in [4.69, 9.17) is 4.42 Å². The Balaban J connectivity index is 1.51. The fourth-order valence-electron chi connectivity index (χ4n) is 2.74. The van der Waals surface area contributed by atoms with Crippen molar-refractivity contribution in [2.24, 2.45) is 0 Å². The molecule has 2 aromatic heterocycles. The predicted molar refractivity (Wildman–Crippen MR) is 110 cm³/mol. The first-order valence-corrected chi connectivity index (χ1v) is 11.5. The predicted octanol–water partition coefficient (Wildman–Crippen LogP) is 3.75. The van der Waals surface area contributed by atoms with E-state index >= 15 is 0 Å². The average Bonchev–Trinajstić information content (AvgIpc) is 3.25. The maximum absolute atomic E-state index is 12.4. The number of aryl methyl sites for hydroxylation is 2. The first-order chi connectivity index (χ1) is 13.3. The van der Waals surface area contributed by atoms with Crippen molar-refractivity contribution in [2.45, 2.75) is 26.0 Å². The van der Waals surface area contributed by atoms with Crippen LogP contribution in [0.4, 0.5) is 0 Å². The molecular formula is C20H22N2O4S2. The second kappa shape index (κ2) is 8.70. The molecule has 0 bridgehead atoms. The van der Waals surface area contributed by atoms with Crippen LogP contribution in [0.1, 0.15) is 33.1 Å². The molecule has 148 valence electrons. The molecule has 8 heteroatoms. The van der Waals surface area contributed by atoms with Gasteiger partial charge in [-0.3, -0.25) is 4.79 Å². The lowest BCUT2D eigenvalue weighted by Crippen LogP contribution is -2.26. The molecule has 2 heterocycles. The highest BCUT2D eigenvalue weighted by molar-refractivity contribution is 7.90. The molecular weight excluding hydrogens is 396 g/mol. The zero-order valence-electron chi connectivity index (χ0n) is 15.8. The van der Waals surface area contributed by atoms with Gasteiger partial charge >= 0.3 is 0 Å². The molecule has 1 N–H and O–H groups in total. The maximum atomic E-state index is 12.4. The Labute approximate surface area is 168 Å². The lowest BCUT2D eigenvalue weighted by molar-refractivity contribution is 0.0957. The van der Waals surface area contributed by atoms with E-state index in [1.54, 1.807) is 19.1 Å². The van der Waals surface area contributed by atoms with Crippen LogP contribution in [0, 0.1) is 13.8 Å². The number of sulfone groups is 1. The molecule has 28 heavy (non-hydrogen) atoms. The summed E-state index contributed by atoms with van der Waals surface area (Å²) >= 11 is 1.26. The van der Waals surface area contributed by atoms with Gasteiger partial charge in [0.1, 0.15) is 10.6 Å². The van der Waals surface area contributed by atoms with Gasteiger partial charge in [-0.25, -0.2) is 13.4 Å². The topological polar surface area (TPSA) is 89.3 Å². The van der Waals surface area contributed by atoms with Gasteiger partial charge in [-0.15, -0.1) is 11.3 Å². The number of rotatable bonds is 8. The molecule has 0 spiro atoms. The number of thiazole rings is 1. The van der Waals surface area contributed by atoms with Crippen LogP contribution in [0.15, 0.2) is 46.9 Å². The van der Waals surface area contributed by atoms with E-state index in [9.17, 15) is 13.2 Å². The number of furan rings is 1. The molecule has 0 aliphatic rings. The quantitative estimate of drug-likeness (QED) is 0.563. The number of nitrogens with zero attached hydrogens (tertiary/aromatic N) is 1. The minimum atomic E-state index is -3.21. The summed E-state index contributed by atoms with van der Waals surface area (Å²) in [6, 6.07) is 12.8. The smallest absolute Gasteiger partial charge is 0.263 e. The summed E-state index contributed by atoms with van der Waals surface area (Å²) in [6.07, 6.45) is 0.364. The van der Waals surface area contributed by atoms with Crippen molar-refractivity contribution in [3.63, 3.8) is 0 Å². The van der Waals surface area contributed by atoms with E-state index in [0.29, 0.717) is 34.3 Å². The van der Waals surface area contributed by atoms with Crippen molar-refractivity contribution in [3.05, 3.63) is 64.4 Å². The van der Waals surface area contributed by atoms with Gasteiger partial charge in [-0.05, 0) is 38.0 Å². The Morgan fingerprint density at radius 3 is 2.57 bits per heavy atom. The average molecular weight is 419 g/mol. The number of benzene rings is 1. The maximum Gasteiger partial charge on any atom is 0.263 e. The van der Waals surface area contributed by atoms with E-state index in [0.717, 1.165) is 11.3 Å². The van der Waals surface area contributed by atoms with Gasteiger partial charge in [-0.2, -0.15) is 0 Å². The third kappa shape index (κ3) is 5.30. The summed E-state index contributed by atoms with van der Waals surface area (Å²) in [7, 11) is -3.21. The molecule has 0 unspecified atom stereocenters. The van der Waals surface area contributed by atoms with Crippen molar-refractivity contribution in [2.75, 3.05) is 12.3 Å². The molecule has 0 aliphatic carbocycles. The summed E-state index contributed by atoms with van der Waals surface area (Å²) in [5, 5.41) is 3.44. The molecule has 3 aromatic rings. The number of hydrogen-bond acceptors (Lipinski definition) is 6. The summed E-state index contributed by atoms with van der Waals surface area (Å²) in [6.45, 7) is 3.91. The number of nitrogens with one attached hydrogen (secondary N) is 1. The molecule has 0 aliphatic heterocycles. The van der Waals surface area contributed by atoms with Crippen LogP contribution in [0.2, 0.25) is 0 Å². The minimum absolute atomic E-state index is 0.0155. The van der Waals surface area contributed by atoms with Crippen LogP contribution in [0.25, 0.3) is 10.8 Å². The summed E-state index contributed by atoms with van der Waals surface area (Å²) in [4.78, 5) is 17.3. The fourth-order valence-corrected chi connectivity index (χ4v) is 5.11. The number of aromatic nitrogens is 1. The van der Waals surface area contributed by atoms with E-state index in [1.165, 1.54) is 11.3 Å². The van der Waals surface area contributed by atoms with Crippen molar-refractivity contribution < 1.29 is 17.6 Å².